The highest BCUT2D eigenvalue weighted by Crippen LogP contribution is 2.15. The van der Waals surface area contributed by atoms with Gasteiger partial charge in [0.1, 0.15) is 0 Å². The van der Waals surface area contributed by atoms with Crippen molar-refractivity contribution in [2.75, 3.05) is 59.4 Å². The van der Waals surface area contributed by atoms with Gasteiger partial charge in [-0.15, -0.1) is 0 Å². The van der Waals surface area contributed by atoms with Crippen LogP contribution in [0.1, 0.15) is 26.7 Å². The van der Waals surface area contributed by atoms with Crippen LogP contribution in [0.4, 0.5) is 0 Å². The summed E-state index contributed by atoms with van der Waals surface area (Å²) >= 11 is 0. The molecule has 5 nitrogen and oxygen atoms in total. The van der Waals surface area contributed by atoms with Crippen LogP contribution in [0.3, 0.4) is 0 Å². The van der Waals surface area contributed by atoms with Crippen molar-refractivity contribution in [3.8, 4) is 0 Å². The van der Waals surface area contributed by atoms with Crippen LogP contribution >= 0.6 is 0 Å². The molecule has 0 saturated heterocycles. The van der Waals surface area contributed by atoms with E-state index in [2.05, 4.69) is 20.4 Å². The normalized spacial score (nSPS) is 12.5. The topological polar surface area (TPSA) is 62.9 Å². The van der Waals surface area contributed by atoms with Gasteiger partial charge in [-0.3, -0.25) is 0 Å². The number of hydrogen-bond acceptors (Lipinski definition) is 5. The van der Waals surface area contributed by atoms with E-state index in [-0.39, 0.29) is 0 Å². The highest BCUT2D eigenvalue weighted by molar-refractivity contribution is 4.98. The van der Waals surface area contributed by atoms with Gasteiger partial charge in [0.05, 0.1) is 52.9 Å². The Kier molecular flexibility index (Phi) is 15.6. The van der Waals surface area contributed by atoms with E-state index in [4.69, 9.17) is 24.7 Å². The molecule has 0 heterocycles. The molecule has 0 aliphatic rings. The molecular formula is C16H33NO4. The van der Waals surface area contributed by atoms with Gasteiger partial charge in [-0.25, -0.2) is 0 Å². The van der Waals surface area contributed by atoms with E-state index in [1.54, 1.807) is 0 Å². The quantitative estimate of drug-likeness (QED) is 0.349. The third-order valence-electron chi connectivity index (χ3n) is 3.26. The van der Waals surface area contributed by atoms with E-state index >= 15 is 0 Å². The van der Waals surface area contributed by atoms with Gasteiger partial charge in [0.25, 0.3) is 0 Å². The van der Waals surface area contributed by atoms with E-state index in [9.17, 15) is 0 Å². The zero-order valence-electron chi connectivity index (χ0n) is 13.8. The fraction of sp³-hybridized carbons (Fsp3) is 0.875. The van der Waals surface area contributed by atoms with Crippen LogP contribution in [0.25, 0.3) is 0 Å². The van der Waals surface area contributed by atoms with Crippen molar-refractivity contribution >= 4 is 0 Å². The second-order valence-corrected chi connectivity index (χ2v) is 4.96. The van der Waals surface area contributed by atoms with Crippen molar-refractivity contribution in [2.24, 2.45) is 11.7 Å². The number of nitrogens with two attached hydrogens (primary N) is 1. The molecule has 1 unspecified atom stereocenters. The Bertz CT molecular complexity index is 236. The van der Waals surface area contributed by atoms with Crippen molar-refractivity contribution in [3.63, 3.8) is 0 Å². The molecule has 0 bridgehead atoms. The Morgan fingerprint density at radius 3 is 1.71 bits per heavy atom. The second kappa shape index (κ2) is 15.9. The molecule has 0 aliphatic heterocycles. The number of ether oxygens (including phenoxy) is 4. The predicted molar refractivity (Wildman–Crippen MR) is 85.5 cm³/mol. The lowest BCUT2D eigenvalue weighted by atomic mass is 9.98. The molecule has 21 heavy (non-hydrogen) atoms. The second-order valence-electron chi connectivity index (χ2n) is 4.96. The Morgan fingerprint density at radius 2 is 1.29 bits per heavy atom. The van der Waals surface area contributed by atoms with Gasteiger partial charge in [-0.2, -0.15) is 0 Å². The summed E-state index contributed by atoms with van der Waals surface area (Å²) in [5.41, 5.74) is 6.56. The monoisotopic (exact) mass is 303 g/mol. The van der Waals surface area contributed by atoms with Crippen LogP contribution in [-0.4, -0.2) is 59.4 Å². The average molecular weight is 303 g/mol. The fourth-order valence-corrected chi connectivity index (χ4v) is 1.58. The van der Waals surface area contributed by atoms with Crippen LogP contribution in [0.5, 0.6) is 0 Å². The van der Waals surface area contributed by atoms with Crippen LogP contribution in [-0.2, 0) is 18.9 Å². The average Bonchev–Trinajstić information content (AvgIpc) is 2.50. The smallest absolute Gasteiger partial charge is 0.0701 e. The maximum absolute atomic E-state index is 5.51. The fourth-order valence-electron chi connectivity index (χ4n) is 1.58. The van der Waals surface area contributed by atoms with Crippen molar-refractivity contribution in [3.05, 3.63) is 12.2 Å². The third kappa shape index (κ3) is 14.2. The van der Waals surface area contributed by atoms with Gasteiger partial charge in [0.15, 0.2) is 0 Å². The Labute approximate surface area is 129 Å². The summed E-state index contributed by atoms with van der Waals surface area (Å²) in [5, 5.41) is 0. The van der Waals surface area contributed by atoms with Crippen molar-refractivity contribution in [1.29, 1.82) is 0 Å². The molecule has 126 valence electrons. The standard InChI is InChI=1S/C16H33NO4/c1-4-15(2)16(3)5-7-18-9-11-20-13-14-21-12-10-19-8-6-17/h15H,3-14,17H2,1-2H3. The molecule has 0 aliphatic carbocycles. The zero-order chi connectivity index (χ0) is 15.8. The largest absolute Gasteiger partial charge is 0.379 e. The summed E-state index contributed by atoms with van der Waals surface area (Å²) in [6, 6.07) is 0. The van der Waals surface area contributed by atoms with Crippen LogP contribution in [0.2, 0.25) is 0 Å². The van der Waals surface area contributed by atoms with Gasteiger partial charge in [-0.1, -0.05) is 26.0 Å². The first-order valence-corrected chi connectivity index (χ1v) is 7.91. The Morgan fingerprint density at radius 1 is 0.857 bits per heavy atom. The SMILES string of the molecule is C=C(CCOCCOCCOCCOCCN)C(C)CC. The maximum atomic E-state index is 5.51. The van der Waals surface area contributed by atoms with Gasteiger partial charge < -0.3 is 24.7 Å². The van der Waals surface area contributed by atoms with Crippen LogP contribution in [0.15, 0.2) is 12.2 Å². The summed E-state index contributed by atoms with van der Waals surface area (Å²) in [7, 11) is 0. The van der Waals surface area contributed by atoms with E-state index < -0.39 is 0 Å². The van der Waals surface area contributed by atoms with Gasteiger partial charge >= 0.3 is 0 Å². The van der Waals surface area contributed by atoms with Crippen LogP contribution < -0.4 is 5.73 Å². The minimum absolute atomic E-state index is 0.549. The highest BCUT2D eigenvalue weighted by atomic mass is 16.6. The van der Waals surface area contributed by atoms with Crippen LogP contribution in [0, 0.1) is 5.92 Å². The summed E-state index contributed by atoms with van der Waals surface area (Å²) in [6.45, 7) is 13.9. The van der Waals surface area contributed by atoms with Crippen molar-refractivity contribution in [2.45, 2.75) is 26.7 Å². The molecule has 0 rings (SSSR count). The van der Waals surface area contributed by atoms with E-state index in [0.29, 0.717) is 58.7 Å². The van der Waals surface area contributed by atoms with E-state index in [1.807, 2.05) is 0 Å². The first-order chi connectivity index (χ1) is 10.2. The van der Waals surface area contributed by atoms with Gasteiger partial charge in [-0.05, 0) is 18.8 Å². The third-order valence-corrected chi connectivity index (χ3v) is 3.26. The van der Waals surface area contributed by atoms with Crippen molar-refractivity contribution < 1.29 is 18.9 Å². The minimum atomic E-state index is 0.549. The molecule has 0 radical (unpaired) electrons. The summed E-state index contributed by atoms with van der Waals surface area (Å²) in [5.74, 6) is 0.579. The molecule has 1 atom stereocenters. The molecule has 0 aromatic rings. The summed E-state index contributed by atoms with van der Waals surface area (Å²) < 4.78 is 21.4. The molecule has 0 saturated carbocycles. The van der Waals surface area contributed by atoms with E-state index in [1.165, 1.54) is 5.57 Å². The van der Waals surface area contributed by atoms with Crippen molar-refractivity contribution in [1.82, 2.24) is 0 Å². The summed E-state index contributed by atoms with van der Waals surface area (Å²) in [6.07, 6.45) is 2.07. The number of rotatable bonds is 16. The van der Waals surface area contributed by atoms with Gasteiger partial charge in [0, 0.05) is 6.54 Å². The van der Waals surface area contributed by atoms with Gasteiger partial charge in [0.2, 0.25) is 0 Å². The molecule has 0 fully saturated rings. The molecule has 2 N–H and O–H groups in total. The first-order valence-electron chi connectivity index (χ1n) is 7.91. The minimum Gasteiger partial charge on any atom is -0.379 e. The molecule has 0 aromatic heterocycles. The lowest BCUT2D eigenvalue weighted by molar-refractivity contribution is -0.000768. The molecule has 0 aromatic carbocycles. The lowest BCUT2D eigenvalue weighted by Gasteiger charge is -2.12. The lowest BCUT2D eigenvalue weighted by Crippen LogP contribution is -2.14. The molecule has 5 heteroatoms. The predicted octanol–water partition coefficient (Wildman–Crippen LogP) is 2.00. The van der Waals surface area contributed by atoms with E-state index in [0.717, 1.165) is 19.4 Å². The first kappa shape index (κ1) is 20.5. The zero-order valence-corrected chi connectivity index (χ0v) is 13.8. The Hall–Kier alpha value is -0.460. The Balaban J connectivity index is 3.11. The molecule has 0 amide bonds. The molecule has 0 spiro atoms. The number of hydrogen-bond donors (Lipinski definition) is 1. The summed E-state index contributed by atoms with van der Waals surface area (Å²) in [4.78, 5) is 0. The molecular weight excluding hydrogens is 270 g/mol. The maximum Gasteiger partial charge on any atom is 0.0701 e. The highest BCUT2D eigenvalue weighted by Gasteiger charge is 2.03.